The topological polar surface area (TPSA) is 21.3 Å². The Morgan fingerprint density at radius 3 is 2.69 bits per heavy atom. The van der Waals surface area contributed by atoms with Crippen molar-refractivity contribution >= 4 is 0 Å². The van der Waals surface area contributed by atoms with Gasteiger partial charge in [-0.15, -0.1) is 0 Å². The number of nitrogens with one attached hydrogen (secondary N) is 1. The molecule has 1 N–H and O–H groups in total. The maximum absolute atomic E-state index is 5.21. The molecule has 0 heterocycles. The maximum Gasteiger partial charge on any atom is 0.0667 e. The van der Waals surface area contributed by atoms with Crippen LogP contribution in [0.5, 0.6) is 0 Å². The molecule has 1 aliphatic carbocycles. The van der Waals surface area contributed by atoms with Crippen LogP contribution in [0.15, 0.2) is 0 Å². The molecule has 1 aliphatic rings. The van der Waals surface area contributed by atoms with Crippen LogP contribution in [0.2, 0.25) is 0 Å². The molecule has 3 unspecified atom stereocenters. The first-order valence-corrected chi connectivity index (χ1v) is 5.50. The standard InChI is InChI=1S/C11H23NO/c1-9-6-4-5-7-11(9)12-8-10(2)13-3/h9-12H,4-8H2,1-3H3. The normalized spacial score (nSPS) is 31.6. The number of hydrogen-bond donors (Lipinski definition) is 1. The number of hydrogen-bond acceptors (Lipinski definition) is 2. The molecule has 1 saturated carbocycles. The molecule has 0 aliphatic heterocycles. The Morgan fingerprint density at radius 1 is 1.38 bits per heavy atom. The molecule has 2 nitrogen and oxygen atoms in total. The van der Waals surface area contributed by atoms with Crippen LogP contribution in [-0.2, 0) is 4.74 Å². The minimum absolute atomic E-state index is 0.342. The fourth-order valence-electron chi connectivity index (χ4n) is 2.02. The third-order valence-corrected chi connectivity index (χ3v) is 3.18. The summed E-state index contributed by atoms with van der Waals surface area (Å²) in [6, 6.07) is 0.728. The summed E-state index contributed by atoms with van der Waals surface area (Å²) < 4.78 is 5.21. The summed E-state index contributed by atoms with van der Waals surface area (Å²) >= 11 is 0. The van der Waals surface area contributed by atoms with Crippen molar-refractivity contribution in [2.24, 2.45) is 5.92 Å². The van der Waals surface area contributed by atoms with E-state index in [1.807, 2.05) is 0 Å². The summed E-state index contributed by atoms with van der Waals surface area (Å²) in [5, 5.41) is 3.60. The lowest BCUT2D eigenvalue weighted by Gasteiger charge is -2.30. The summed E-state index contributed by atoms with van der Waals surface area (Å²) in [5.74, 6) is 0.845. The van der Waals surface area contributed by atoms with Crippen LogP contribution < -0.4 is 5.32 Å². The van der Waals surface area contributed by atoms with Gasteiger partial charge in [0.15, 0.2) is 0 Å². The Kier molecular flexibility index (Phi) is 4.74. The minimum atomic E-state index is 0.342. The van der Waals surface area contributed by atoms with E-state index >= 15 is 0 Å². The molecule has 78 valence electrons. The van der Waals surface area contributed by atoms with Crippen LogP contribution in [0.3, 0.4) is 0 Å². The lowest BCUT2D eigenvalue weighted by Crippen LogP contribution is -2.40. The predicted octanol–water partition coefficient (Wildman–Crippen LogP) is 2.19. The molecule has 0 aromatic heterocycles. The lowest BCUT2D eigenvalue weighted by molar-refractivity contribution is 0.109. The fourth-order valence-corrected chi connectivity index (χ4v) is 2.02. The Labute approximate surface area is 82.0 Å². The highest BCUT2D eigenvalue weighted by molar-refractivity contribution is 4.78. The molecule has 0 aromatic carbocycles. The average molecular weight is 185 g/mol. The van der Waals surface area contributed by atoms with Gasteiger partial charge in [0.25, 0.3) is 0 Å². The van der Waals surface area contributed by atoms with Crippen molar-refractivity contribution in [2.45, 2.75) is 51.7 Å². The molecule has 0 radical (unpaired) electrons. The summed E-state index contributed by atoms with van der Waals surface area (Å²) in [6.07, 6.45) is 5.88. The van der Waals surface area contributed by atoms with Crippen molar-refractivity contribution in [2.75, 3.05) is 13.7 Å². The SMILES string of the molecule is COC(C)CNC1CCCCC1C. The third-order valence-electron chi connectivity index (χ3n) is 3.18. The van der Waals surface area contributed by atoms with Crippen LogP contribution in [0.1, 0.15) is 39.5 Å². The van der Waals surface area contributed by atoms with Crippen molar-refractivity contribution in [3.8, 4) is 0 Å². The van der Waals surface area contributed by atoms with Gasteiger partial charge in [0.05, 0.1) is 6.10 Å². The van der Waals surface area contributed by atoms with E-state index in [0.717, 1.165) is 18.5 Å². The van der Waals surface area contributed by atoms with Gasteiger partial charge in [0, 0.05) is 19.7 Å². The number of rotatable bonds is 4. The van der Waals surface area contributed by atoms with E-state index in [-0.39, 0.29) is 0 Å². The zero-order valence-electron chi connectivity index (χ0n) is 9.18. The van der Waals surface area contributed by atoms with E-state index in [9.17, 15) is 0 Å². The summed E-state index contributed by atoms with van der Waals surface area (Å²) in [7, 11) is 1.77. The van der Waals surface area contributed by atoms with Crippen LogP contribution in [-0.4, -0.2) is 25.8 Å². The number of ether oxygens (including phenoxy) is 1. The molecule has 2 heteroatoms. The zero-order valence-corrected chi connectivity index (χ0v) is 9.18. The highest BCUT2D eigenvalue weighted by Gasteiger charge is 2.20. The zero-order chi connectivity index (χ0) is 9.68. The van der Waals surface area contributed by atoms with Gasteiger partial charge in [-0.25, -0.2) is 0 Å². The van der Waals surface area contributed by atoms with Crippen molar-refractivity contribution in [1.29, 1.82) is 0 Å². The molecule has 13 heavy (non-hydrogen) atoms. The molecule has 0 spiro atoms. The Bertz CT molecular complexity index is 138. The van der Waals surface area contributed by atoms with Crippen LogP contribution in [0.25, 0.3) is 0 Å². The van der Waals surface area contributed by atoms with Crippen LogP contribution in [0.4, 0.5) is 0 Å². The van der Waals surface area contributed by atoms with Gasteiger partial charge in [-0.05, 0) is 25.7 Å². The van der Waals surface area contributed by atoms with Gasteiger partial charge in [-0.1, -0.05) is 19.8 Å². The second kappa shape index (κ2) is 5.61. The highest BCUT2D eigenvalue weighted by atomic mass is 16.5. The quantitative estimate of drug-likeness (QED) is 0.725. The Morgan fingerprint density at radius 2 is 2.08 bits per heavy atom. The Balaban J connectivity index is 2.18. The molecule has 0 amide bonds. The summed E-state index contributed by atoms with van der Waals surface area (Å²) in [5.41, 5.74) is 0. The summed E-state index contributed by atoms with van der Waals surface area (Å²) in [4.78, 5) is 0. The Hall–Kier alpha value is -0.0800. The van der Waals surface area contributed by atoms with Crippen LogP contribution >= 0.6 is 0 Å². The van der Waals surface area contributed by atoms with Crippen molar-refractivity contribution in [3.63, 3.8) is 0 Å². The summed E-state index contributed by atoms with van der Waals surface area (Å²) in [6.45, 7) is 5.46. The van der Waals surface area contributed by atoms with Crippen LogP contribution in [0, 0.1) is 5.92 Å². The second-order valence-electron chi connectivity index (χ2n) is 4.32. The smallest absolute Gasteiger partial charge is 0.0667 e. The average Bonchev–Trinajstić information content (AvgIpc) is 2.16. The molecule has 0 bridgehead atoms. The van der Waals surface area contributed by atoms with E-state index in [4.69, 9.17) is 4.74 Å². The molecule has 1 fully saturated rings. The van der Waals surface area contributed by atoms with Gasteiger partial charge in [-0.3, -0.25) is 0 Å². The van der Waals surface area contributed by atoms with Gasteiger partial charge >= 0.3 is 0 Å². The minimum Gasteiger partial charge on any atom is -0.380 e. The first-order valence-electron chi connectivity index (χ1n) is 5.50. The second-order valence-corrected chi connectivity index (χ2v) is 4.32. The van der Waals surface area contributed by atoms with Crippen molar-refractivity contribution in [3.05, 3.63) is 0 Å². The predicted molar refractivity (Wildman–Crippen MR) is 55.9 cm³/mol. The van der Waals surface area contributed by atoms with E-state index in [0.29, 0.717) is 6.10 Å². The van der Waals surface area contributed by atoms with E-state index in [2.05, 4.69) is 19.2 Å². The fraction of sp³-hybridized carbons (Fsp3) is 1.00. The largest absolute Gasteiger partial charge is 0.380 e. The first kappa shape index (κ1) is 11.0. The molecule has 0 aromatic rings. The van der Waals surface area contributed by atoms with E-state index in [1.165, 1.54) is 25.7 Å². The van der Waals surface area contributed by atoms with E-state index < -0.39 is 0 Å². The van der Waals surface area contributed by atoms with Crippen molar-refractivity contribution < 1.29 is 4.74 Å². The van der Waals surface area contributed by atoms with Crippen molar-refractivity contribution in [1.82, 2.24) is 5.32 Å². The highest BCUT2D eigenvalue weighted by Crippen LogP contribution is 2.23. The maximum atomic E-state index is 5.21. The third kappa shape index (κ3) is 3.65. The van der Waals surface area contributed by atoms with Gasteiger partial charge in [0.1, 0.15) is 0 Å². The molecular weight excluding hydrogens is 162 g/mol. The van der Waals surface area contributed by atoms with Gasteiger partial charge < -0.3 is 10.1 Å². The number of methoxy groups -OCH3 is 1. The monoisotopic (exact) mass is 185 g/mol. The molecule has 3 atom stereocenters. The molecule has 1 rings (SSSR count). The first-order chi connectivity index (χ1) is 6.24. The van der Waals surface area contributed by atoms with Gasteiger partial charge in [0.2, 0.25) is 0 Å². The van der Waals surface area contributed by atoms with Gasteiger partial charge in [-0.2, -0.15) is 0 Å². The van der Waals surface area contributed by atoms with E-state index in [1.54, 1.807) is 7.11 Å². The lowest BCUT2D eigenvalue weighted by atomic mass is 9.86. The molecular formula is C11H23NO. The molecule has 0 saturated heterocycles.